The van der Waals surface area contributed by atoms with Crippen molar-refractivity contribution in [3.8, 4) is 0 Å². The van der Waals surface area contributed by atoms with Gasteiger partial charge in [0, 0.05) is 0 Å². The monoisotopic (exact) mass is 848 g/mol. The molecule has 0 rings (SSSR count). The molecule has 3 unspecified atom stereocenters. The highest BCUT2D eigenvalue weighted by atomic mass is 16.3. The number of nitrogens with one attached hydrogen (secondary N) is 1. The molecule has 0 aromatic rings. The van der Waals surface area contributed by atoms with Crippen molar-refractivity contribution in [2.75, 3.05) is 6.61 Å². The van der Waals surface area contributed by atoms with Crippen LogP contribution in [0.4, 0.5) is 0 Å². The highest BCUT2D eigenvalue weighted by molar-refractivity contribution is 5.76. The molecule has 5 nitrogen and oxygen atoms in total. The van der Waals surface area contributed by atoms with Gasteiger partial charge in [-0.25, -0.2) is 0 Å². The molecule has 0 aliphatic heterocycles. The Hall–Kier alpha value is -0.910. The van der Waals surface area contributed by atoms with Gasteiger partial charge in [0.05, 0.1) is 31.3 Å². The minimum absolute atomic E-state index is 0.0195. The molecule has 0 saturated heterocycles. The van der Waals surface area contributed by atoms with Crippen molar-refractivity contribution in [2.24, 2.45) is 0 Å². The maximum atomic E-state index is 12.5. The molecule has 0 aliphatic carbocycles. The largest absolute Gasteiger partial charge is 0.394 e. The number of hydrogen-bond donors (Lipinski definition) is 4. The summed E-state index contributed by atoms with van der Waals surface area (Å²) >= 11 is 0. The smallest absolute Gasteiger partial charge is 0.222 e. The third-order valence-electron chi connectivity index (χ3n) is 13.1. The van der Waals surface area contributed by atoms with Gasteiger partial charge in [-0.2, -0.15) is 0 Å². The molecule has 0 spiro atoms. The van der Waals surface area contributed by atoms with Gasteiger partial charge in [0.25, 0.3) is 0 Å². The van der Waals surface area contributed by atoms with Gasteiger partial charge in [0.1, 0.15) is 0 Å². The van der Waals surface area contributed by atoms with Crippen LogP contribution in [-0.2, 0) is 4.79 Å². The Morgan fingerprint density at radius 3 is 0.967 bits per heavy atom. The molecule has 0 aromatic heterocycles. The van der Waals surface area contributed by atoms with Crippen LogP contribution in [0.25, 0.3) is 0 Å². The van der Waals surface area contributed by atoms with Crippen LogP contribution in [0.3, 0.4) is 0 Å². The number of hydrogen-bond acceptors (Lipinski definition) is 4. The van der Waals surface area contributed by atoms with Gasteiger partial charge in [0.2, 0.25) is 5.91 Å². The van der Waals surface area contributed by atoms with Crippen molar-refractivity contribution in [2.45, 2.75) is 327 Å². The topological polar surface area (TPSA) is 89.8 Å². The summed E-state index contributed by atoms with van der Waals surface area (Å²) in [5, 5.41) is 33.5. The first kappa shape index (κ1) is 59.1. The number of rotatable bonds is 51. The first-order valence-electron chi connectivity index (χ1n) is 27.5. The van der Waals surface area contributed by atoms with Gasteiger partial charge < -0.3 is 20.6 Å². The fourth-order valence-corrected chi connectivity index (χ4v) is 8.87. The van der Waals surface area contributed by atoms with E-state index in [4.69, 9.17) is 0 Å². The molecule has 0 aromatic carbocycles. The van der Waals surface area contributed by atoms with Crippen molar-refractivity contribution in [3.05, 3.63) is 12.2 Å². The van der Waals surface area contributed by atoms with Gasteiger partial charge in [-0.15, -0.1) is 0 Å². The Bertz CT molecular complexity index is 848. The van der Waals surface area contributed by atoms with Crippen LogP contribution >= 0.6 is 0 Å². The van der Waals surface area contributed by atoms with Crippen molar-refractivity contribution in [1.82, 2.24) is 5.32 Å². The van der Waals surface area contributed by atoms with Gasteiger partial charge in [-0.1, -0.05) is 296 Å². The maximum Gasteiger partial charge on any atom is 0.222 e. The molecule has 0 fully saturated rings. The standard InChI is InChI=1S/C55H109NO4/c1-3-5-7-9-11-13-15-17-19-21-23-25-27-28-30-32-34-36-38-40-42-44-46-48-52(58)50-55(60)56-53(51-57)54(59)49-47-45-43-41-39-37-35-33-31-29-26-24-22-20-18-16-14-12-10-8-6-4-2/h47,49,52-54,57-59H,3-46,48,50-51H2,1-2H3,(H,56,60)/b49-47+. The summed E-state index contributed by atoms with van der Waals surface area (Å²) < 4.78 is 0. The Morgan fingerprint density at radius 2 is 0.683 bits per heavy atom. The summed E-state index contributed by atoms with van der Waals surface area (Å²) in [6.07, 6.45) is 62.5. The molecule has 4 N–H and O–H groups in total. The average Bonchev–Trinajstić information content (AvgIpc) is 3.24. The zero-order valence-corrected chi connectivity index (χ0v) is 40.9. The summed E-state index contributed by atoms with van der Waals surface area (Å²) in [7, 11) is 0. The molecule has 0 bridgehead atoms. The molecule has 0 radical (unpaired) electrons. The van der Waals surface area contributed by atoms with E-state index in [2.05, 4.69) is 19.2 Å². The normalized spacial score (nSPS) is 13.3. The zero-order chi connectivity index (χ0) is 43.7. The lowest BCUT2D eigenvalue weighted by molar-refractivity contribution is -0.124. The number of carbonyl (C=O) groups excluding carboxylic acids is 1. The molecule has 5 heteroatoms. The van der Waals surface area contributed by atoms with Crippen molar-refractivity contribution < 1.29 is 20.1 Å². The van der Waals surface area contributed by atoms with Gasteiger partial charge in [-0.05, 0) is 19.3 Å². The molecule has 3 atom stereocenters. The molecule has 60 heavy (non-hydrogen) atoms. The summed E-state index contributed by atoms with van der Waals surface area (Å²) in [5.74, 6) is -0.308. The summed E-state index contributed by atoms with van der Waals surface area (Å²) in [6, 6.07) is -0.741. The maximum absolute atomic E-state index is 12.5. The van der Waals surface area contributed by atoms with E-state index in [1.807, 2.05) is 6.08 Å². The van der Waals surface area contributed by atoms with E-state index in [1.165, 1.54) is 257 Å². The third kappa shape index (κ3) is 46.6. The van der Waals surface area contributed by atoms with Crippen LogP contribution in [0.1, 0.15) is 309 Å². The lowest BCUT2D eigenvalue weighted by atomic mass is 10.0. The second-order valence-electron chi connectivity index (χ2n) is 19.2. The van der Waals surface area contributed by atoms with Crippen LogP contribution in [0.15, 0.2) is 12.2 Å². The second kappa shape index (κ2) is 50.7. The van der Waals surface area contributed by atoms with Crippen LogP contribution in [0, 0.1) is 0 Å². The molecular formula is C55H109NO4. The van der Waals surface area contributed by atoms with Gasteiger partial charge >= 0.3 is 0 Å². The van der Waals surface area contributed by atoms with Crippen LogP contribution in [0.5, 0.6) is 0 Å². The minimum atomic E-state index is -0.926. The van der Waals surface area contributed by atoms with Gasteiger partial charge in [-0.3, -0.25) is 4.79 Å². The van der Waals surface area contributed by atoms with E-state index >= 15 is 0 Å². The van der Waals surface area contributed by atoms with Crippen molar-refractivity contribution >= 4 is 5.91 Å². The van der Waals surface area contributed by atoms with E-state index in [0.717, 1.165) is 25.7 Å². The van der Waals surface area contributed by atoms with Crippen molar-refractivity contribution in [1.29, 1.82) is 0 Å². The Labute approximate surface area is 376 Å². The van der Waals surface area contributed by atoms with Crippen LogP contribution in [-0.4, -0.2) is 46.1 Å². The van der Waals surface area contributed by atoms with E-state index in [1.54, 1.807) is 6.08 Å². The van der Waals surface area contributed by atoms with E-state index in [-0.39, 0.29) is 18.9 Å². The van der Waals surface area contributed by atoms with Crippen LogP contribution in [0.2, 0.25) is 0 Å². The molecule has 0 saturated carbocycles. The Kier molecular flexibility index (Phi) is 50.0. The third-order valence-corrected chi connectivity index (χ3v) is 13.1. The van der Waals surface area contributed by atoms with E-state index < -0.39 is 18.2 Å². The highest BCUT2D eigenvalue weighted by Gasteiger charge is 2.20. The summed E-state index contributed by atoms with van der Waals surface area (Å²) in [5.41, 5.74) is 0. The number of aliphatic hydroxyl groups excluding tert-OH is 3. The first-order chi connectivity index (χ1) is 29.5. The lowest BCUT2D eigenvalue weighted by Crippen LogP contribution is -2.45. The second-order valence-corrected chi connectivity index (χ2v) is 19.2. The van der Waals surface area contributed by atoms with E-state index in [9.17, 15) is 20.1 Å². The van der Waals surface area contributed by atoms with E-state index in [0.29, 0.717) is 6.42 Å². The molecule has 1 amide bonds. The minimum Gasteiger partial charge on any atom is -0.394 e. The Balaban J connectivity index is 3.55. The number of aliphatic hydroxyl groups is 3. The summed E-state index contributed by atoms with van der Waals surface area (Å²) in [4.78, 5) is 12.5. The highest BCUT2D eigenvalue weighted by Crippen LogP contribution is 2.18. The predicted octanol–water partition coefficient (Wildman–Crippen LogP) is 16.7. The summed E-state index contributed by atoms with van der Waals surface area (Å²) in [6.45, 7) is 4.26. The fraction of sp³-hybridized carbons (Fsp3) is 0.945. The Morgan fingerprint density at radius 1 is 0.417 bits per heavy atom. The number of allylic oxidation sites excluding steroid dienone is 1. The number of amides is 1. The first-order valence-corrected chi connectivity index (χ1v) is 27.5. The molecule has 0 heterocycles. The number of unbranched alkanes of at least 4 members (excludes halogenated alkanes) is 42. The average molecular weight is 848 g/mol. The van der Waals surface area contributed by atoms with Crippen molar-refractivity contribution in [3.63, 3.8) is 0 Å². The quantitative estimate of drug-likeness (QED) is 0.0363. The van der Waals surface area contributed by atoms with Crippen LogP contribution < -0.4 is 5.32 Å². The lowest BCUT2D eigenvalue weighted by Gasteiger charge is -2.21. The fourth-order valence-electron chi connectivity index (χ4n) is 8.87. The molecular weight excluding hydrogens is 739 g/mol. The van der Waals surface area contributed by atoms with Gasteiger partial charge in [0.15, 0.2) is 0 Å². The molecule has 0 aliphatic rings. The zero-order valence-electron chi connectivity index (χ0n) is 40.9. The number of carbonyl (C=O) groups is 1. The molecule has 358 valence electrons. The predicted molar refractivity (Wildman–Crippen MR) is 264 cm³/mol. The SMILES string of the molecule is CCCCCCCCCCCCCCCCCCCCCC/C=C/C(O)C(CO)NC(=O)CC(O)CCCCCCCCCCCCCCCCCCCCCCCCC.